The number of hydrogen-bond donors (Lipinski definition) is 0. The van der Waals surface area contributed by atoms with Crippen LogP contribution in [0.25, 0.3) is 0 Å². The molecular formula is C15H20Cl2FNO. The fraction of sp³-hybridized carbons (Fsp3) is 0.400. The number of rotatable bonds is 5. The van der Waals surface area contributed by atoms with E-state index in [0.717, 1.165) is 0 Å². The minimum atomic E-state index is -0.411. The Morgan fingerprint density at radius 2 is 2.00 bits per heavy atom. The lowest BCUT2D eigenvalue weighted by atomic mass is 10.1. The number of hydrogen-bond acceptors (Lipinski definition) is 1. The SMILES string of the molecule is C=CC(=O)N(CC)CCc1c(F)ccc(Cl)c1Cl.CC. The Labute approximate surface area is 130 Å². The van der Waals surface area contributed by atoms with Gasteiger partial charge in [-0.05, 0) is 31.6 Å². The van der Waals surface area contributed by atoms with Crippen LogP contribution < -0.4 is 0 Å². The van der Waals surface area contributed by atoms with Gasteiger partial charge >= 0.3 is 0 Å². The highest BCUT2D eigenvalue weighted by atomic mass is 35.5. The smallest absolute Gasteiger partial charge is 0.245 e. The number of carbonyl (C=O) groups is 1. The van der Waals surface area contributed by atoms with Gasteiger partial charge < -0.3 is 4.90 Å². The summed E-state index contributed by atoms with van der Waals surface area (Å²) in [6, 6.07) is 2.68. The predicted molar refractivity (Wildman–Crippen MR) is 83.9 cm³/mol. The predicted octanol–water partition coefficient (Wildman–Crippen LogP) is 4.74. The quantitative estimate of drug-likeness (QED) is 0.567. The van der Waals surface area contributed by atoms with Crippen molar-refractivity contribution in [3.8, 4) is 0 Å². The van der Waals surface area contributed by atoms with E-state index in [4.69, 9.17) is 23.2 Å². The molecule has 1 amide bonds. The number of likely N-dealkylation sites (N-methyl/N-ethyl adjacent to an activating group) is 1. The van der Waals surface area contributed by atoms with Crippen LogP contribution in [0.5, 0.6) is 0 Å². The van der Waals surface area contributed by atoms with E-state index in [9.17, 15) is 9.18 Å². The van der Waals surface area contributed by atoms with Gasteiger partial charge in [0.1, 0.15) is 5.82 Å². The Hall–Kier alpha value is -1.06. The maximum absolute atomic E-state index is 13.6. The van der Waals surface area contributed by atoms with Crippen LogP contribution in [0, 0.1) is 5.82 Å². The van der Waals surface area contributed by atoms with Crippen molar-refractivity contribution in [1.29, 1.82) is 0 Å². The monoisotopic (exact) mass is 319 g/mol. The van der Waals surface area contributed by atoms with Crippen molar-refractivity contribution in [3.63, 3.8) is 0 Å². The van der Waals surface area contributed by atoms with E-state index in [-0.39, 0.29) is 10.9 Å². The summed E-state index contributed by atoms with van der Waals surface area (Å²) in [6.45, 7) is 10.2. The lowest BCUT2D eigenvalue weighted by Gasteiger charge is -2.19. The Morgan fingerprint density at radius 1 is 1.40 bits per heavy atom. The highest BCUT2D eigenvalue weighted by molar-refractivity contribution is 6.42. The topological polar surface area (TPSA) is 20.3 Å². The molecule has 0 spiro atoms. The van der Waals surface area contributed by atoms with Crippen molar-refractivity contribution in [2.24, 2.45) is 0 Å². The molecule has 0 aliphatic rings. The molecule has 0 unspecified atom stereocenters. The second-order valence-electron chi connectivity index (χ2n) is 3.69. The van der Waals surface area contributed by atoms with Crippen molar-refractivity contribution in [2.45, 2.75) is 27.2 Å². The van der Waals surface area contributed by atoms with E-state index in [1.54, 1.807) is 4.90 Å². The lowest BCUT2D eigenvalue weighted by Crippen LogP contribution is -2.31. The van der Waals surface area contributed by atoms with E-state index in [2.05, 4.69) is 6.58 Å². The van der Waals surface area contributed by atoms with Gasteiger partial charge in [0.15, 0.2) is 0 Å². The number of nitrogens with zero attached hydrogens (tertiary/aromatic N) is 1. The van der Waals surface area contributed by atoms with Crippen LogP contribution in [0.15, 0.2) is 24.8 Å². The highest BCUT2D eigenvalue weighted by Crippen LogP contribution is 2.28. The summed E-state index contributed by atoms with van der Waals surface area (Å²) in [4.78, 5) is 13.0. The maximum atomic E-state index is 13.6. The van der Waals surface area contributed by atoms with Crippen LogP contribution in [0.4, 0.5) is 4.39 Å². The second-order valence-corrected chi connectivity index (χ2v) is 4.48. The minimum Gasteiger partial charge on any atom is -0.339 e. The molecule has 2 nitrogen and oxygen atoms in total. The maximum Gasteiger partial charge on any atom is 0.245 e. The van der Waals surface area contributed by atoms with Crippen LogP contribution >= 0.6 is 23.2 Å². The third-order valence-electron chi connectivity index (χ3n) is 2.64. The van der Waals surface area contributed by atoms with Crippen molar-refractivity contribution in [2.75, 3.05) is 13.1 Å². The van der Waals surface area contributed by atoms with Crippen molar-refractivity contribution in [3.05, 3.63) is 46.2 Å². The summed E-state index contributed by atoms with van der Waals surface area (Å²) in [7, 11) is 0. The van der Waals surface area contributed by atoms with Gasteiger partial charge in [-0.3, -0.25) is 4.79 Å². The average molecular weight is 320 g/mol. The van der Waals surface area contributed by atoms with Crippen LogP contribution in [0.2, 0.25) is 10.0 Å². The number of amides is 1. The van der Waals surface area contributed by atoms with Crippen LogP contribution in [-0.4, -0.2) is 23.9 Å². The fourth-order valence-electron chi connectivity index (χ4n) is 1.60. The van der Waals surface area contributed by atoms with Crippen molar-refractivity contribution < 1.29 is 9.18 Å². The largest absolute Gasteiger partial charge is 0.339 e. The van der Waals surface area contributed by atoms with Gasteiger partial charge in [0, 0.05) is 18.7 Å². The molecule has 0 atom stereocenters. The van der Waals surface area contributed by atoms with Gasteiger partial charge in [-0.2, -0.15) is 0 Å². The van der Waals surface area contributed by atoms with E-state index in [0.29, 0.717) is 30.1 Å². The van der Waals surface area contributed by atoms with Crippen LogP contribution in [0.1, 0.15) is 26.3 Å². The van der Waals surface area contributed by atoms with Crippen LogP contribution in [0.3, 0.4) is 0 Å². The fourth-order valence-corrected chi connectivity index (χ4v) is 2.02. The Kier molecular flexibility index (Phi) is 9.26. The summed E-state index contributed by atoms with van der Waals surface area (Å²) in [5.41, 5.74) is 0.333. The Bertz CT molecular complexity index is 463. The first-order chi connectivity index (χ1) is 9.51. The number of benzene rings is 1. The zero-order valence-electron chi connectivity index (χ0n) is 12.0. The normalized spacial score (nSPS) is 9.50. The zero-order valence-corrected chi connectivity index (χ0v) is 13.6. The number of halogens is 3. The molecule has 112 valence electrons. The van der Waals surface area contributed by atoms with Crippen molar-refractivity contribution in [1.82, 2.24) is 4.90 Å². The first-order valence-electron chi connectivity index (χ1n) is 6.55. The summed E-state index contributed by atoms with van der Waals surface area (Å²) < 4.78 is 13.6. The molecule has 0 aliphatic carbocycles. The molecule has 0 saturated heterocycles. The van der Waals surface area contributed by atoms with Gasteiger partial charge in [0.25, 0.3) is 0 Å². The summed E-state index contributed by atoms with van der Waals surface area (Å²) in [5, 5.41) is 0.518. The Balaban J connectivity index is 0.00000172. The third-order valence-corrected chi connectivity index (χ3v) is 3.48. The zero-order chi connectivity index (χ0) is 15.7. The van der Waals surface area contributed by atoms with Crippen molar-refractivity contribution >= 4 is 29.1 Å². The Morgan fingerprint density at radius 3 is 2.50 bits per heavy atom. The highest BCUT2D eigenvalue weighted by Gasteiger charge is 2.14. The summed E-state index contributed by atoms with van der Waals surface area (Å²) >= 11 is 11.8. The van der Waals surface area contributed by atoms with E-state index in [1.165, 1.54) is 18.2 Å². The standard InChI is InChI=1S/C13H14Cl2FNO.C2H6/c1-3-12(18)17(4-2)8-7-9-11(16)6-5-10(14)13(9)15;1-2/h3,5-6H,1,4,7-8H2,2H3;1-2H3. The molecule has 0 aliphatic heterocycles. The lowest BCUT2D eigenvalue weighted by molar-refractivity contribution is -0.125. The van der Waals surface area contributed by atoms with E-state index in [1.807, 2.05) is 20.8 Å². The summed E-state index contributed by atoms with van der Waals surface area (Å²) in [5.74, 6) is -0.595. The average Bonchev–Trinajstić information content (AvgIpc) is 2.48. The molecule has 0 saturated carbocycles. The molecule has 0 fully saturated rings. The van der Waals surface area contributed by atoms with Gasteiger partial charge in [0.2, 0.25) is 5.91 Å². The molecule has 0 aromatic heterocycles. The first kappa shape index (κ1) is 18.9. The van der Waals surface area contributed by atoms with Crippen LogP contribution in [-0.2, 0) is 11.2 Å². The second kappa shape index (κ2) is 9.78. The molecular weight excluding hydrogens is 300 g/mol. The minimum absolute atomic E-state index is 0.184. The van der Waals surface area contributed by atoms with Gasteiger partial charge in [-0.25, -0.2) is 4.39 Å². The first-order valence-corrected chi connectivity index (χ1v) is 7.30. The van der Waals surface area contributed by atoms with E-state index < -0.39 is 5.82 Å². The van der Waals surface area contributed by atoms with Gasteiger partial charge in [0.05, 0.1) is 10.0 Å². The molecule has 0 N–H and O–H groups in total. The molecule has 0 radical (unpaired) electrons. The van der Waals surface area contributed by atoms with Gasteiger partial charge in [-0.15, -0.1) is 0 Å². The number of carbonyl (C=O) groups excluding carboxylic acids is 1. The molecule has 5 heteroatoms. The molecule has 0 bridgehead atoms. The molecule has 1 rings (SSSR count). The molecule has 20 heavy (non-hydrogen) atoms. The summed E-state index contributed by atoms with van der Waals surface area (Å²) in [6.07, 6.45) is 1.55. The third kappa shape index (κ3) is 5.14. The molecule has 1 aromatic rings. The molecule has 0 heterocycles. The van der Waals surface area contributed by atoms with Gasteiger partial charge in [-0.1, -0.05) is 43.6 Å². The van der Waals surface area contributed by atoms with E-state index >= 15 is 0 Å². The molecule has 1 aromatic carbocycles.